The van der Waals surface area contributed by atoms with Gasteiger partial charge in [-0.15, -0.1) is 0 Å². The predicted molar refractivity (Wildman–Crippen MR) is 77.7 cm³/mol. The third-order valence-corrected chi connectivity index (χ3v) is 3.64. The molecule has 0 heterocycles. The maximum atomic E-state index is 11.9. The van der Waals surface area contributed by atoms with Crippen molar-refractivity contribution < 1.29 is 22.9 Å². The van der Waals surface area contributed by atoms with Gasteiger partial charge in [-0.05, 0) is 35.9 Å². The molecule has 0 aliphatic rings. The number of aromatic hydroxyl groups is 1. The van der Waals surface area contributed by atoms with Gasteiger partial charge in [-0.3, -0.25) is 9.35 Å². The molecule has 0 unspecified atom stereocenters. The van der Waals surface area contributed by atoms with Gasteiger partial charge in [0.05, 0.1) is 10.5 Å². The van der Waals surface area contributed by atoms with Gasteiger partial charge in [-0.2, -0.15) is 8.42 Å². The maximum absolute atomic E-state index is 11.9. The second kappa shape index (κ2) is 5.90. The molecular weight excluding hydrogens is 292 g/mol. The Bertz CT molecular complexity index is 789. The van der Waals surface area contributed by atoms with E-state index < -0.39 is 10.1 Å². The van der Waals surface area contributed by atoms with Crippen LogP contribution in [0.15, 0.2) is 59.5 Å². The summed E-state index contributed by atoms with van der Waals surface area (Å²) >= 11 is 0. The van der Waals surface area contributed by atoms with Crippen LogP contribution in [0.5, 0.6) is 5.75 Å². The number of carbonyl (C=O) groups excluding carboxylic acids is 1. The molecule has 2 N–H and O–H groups in total. The number of phenols is 1. The molecule has 0 spiro atoms. The first-order valence-corrected chi connectivity index (χ1v) is 7.40. The lowest BCUT2D eigenvalue weighted by molar-refractivity contribution is 0.104. The number of carbonyl (C=O) groups is 1. The molecule has 0 fully saturated rings. The first kappa shape index (κ1) is 15.0. The van der Waals surface area contributed by atoms with Crippen molar-refractivity contribution in [3.8, 4) is 5.75 Å². The summed E-state index contributed by atoms with van der Waals surface area (Å²) in [6.45, 7) is 0. The molecule has 0 aliphatic heterocycles. The molecule has 0 bridgehead atoms. The Hall–Kier alpha value is -2.44. The topological polar surface area (TPSA) is 91.7 Å². The number of ketones is 1. The molecule has 108 valence electrons. The smallest absolute Gasteiger partial charge is 0.294 e. The van der Waals surface area contributed by atoms with Crippen molar-refractivity contribution in [3.63, 3.8) is 0 Å². The maximum Gasteiger partial charge on any atom is 0.294 e. The predicted octanol–water partition coefficient (Wildman–Crippen LogP) is 2.54. The van der Waals surface area contributed by atoms with Crippen LogP contribution >= 0.6 is 0 Å². The van der Waals surface area contributed by atoms with E-state index in [9.17, 15) is 18.3 Å². The van der Waals surface area contributed by atoms with E-state index in [2.05, 4.69) is 0 Å². The van der Waals surface area contributed by atoms with E-state index in [1.165, 1.54) is 48.6 Å². The largest absolute Gasteiger partial charge is 0.507 e. The summed E-state index contributed by atoms with van der Waals surface area (Å²) in [6.07, 6.45) is 2.76. The summed E-state index contributed by atoms with van der Waals surface area (Å²) < 4.78 is 30.6. The van der Waals surface area contributed by atoms with Gasteiger partial charge < -0.3 is 5.11 Å². The van der Waals surface area contributed by atoms with E-state index in [4.69, 9.17) is 4.55 Å². The van der Waals surface area contributed by atoms with Crippen molar-refractivity contribution in [2.75, 3.05) is 0 Å². The van der Waals surface area contributed by atoms with Crippen molar-refractivity contribution in [2.24, 2.45) is 0 Å². The molecule has 0 amide bonds. The molecule has 0 aliphatic carbocycles. The Morgan fingerprint density at radius 2 is 1.62 bits per heavy atom. The zero-order valence-corrected chi connectivity index (χ0v) is 11.6. The van der Waals surface area contributed by atoms with Gasteiger partial charge in [0.1, 0.15) is 5.75 Å². The highest BCUT2D eigenvalue weighted by Crippen LogP contribution is 2.17. The summed E-state index contributed by atoms with van der Waals surface area (Å²) in [5.41, 5.74) is 0.773. The number of allylic oxidation sites excluding steroid dienone is 1. The molecule has 2 aromatic rings. The molecule has 6 heteroatoms. The van der Waals surface area contributed by atoms with Crippen LogP contribution in [0.1, 0.15) is 15.9 Å². The highest BCUT2D eigenvalue weighted by Gasteiger charge is 2.08. The minimum absolute atomic E-state index is 0.103. The number of para-hydroxylation sites is 1. The number of benzene rings is 2. The van der Waals surface area contributed by atoms with Gasteiger partial charge in [0.25, 0.3) is 10.1 Å². The van der Waals surface area contributed by atoms with Gasteiger partial charge in [0.15, 0.2) is 5.78 Å². The van der Waals surface area contributed by atoms with Crippen LogP contribution in [0.25, 0.3) is 6.08 Å². The van der Waals surface area contributed by atoms with E-state index in [-0.39, 0.29) is 22.0 Å². The van der Waals surface area contributed by atoms with Gasteiger partial charge in [-0.25, -0.2) is 0 Å². The molecule has 0 aromatic heterocycles. The van der Waals surface area contributed by atoms with E-state index >= 15 is 0 Å². The number of hydrogen-bond acceptors (Lipinski definition) is 4. The molecule has 21 heavy (non-hydrogen) atoms. The number of rotatable bonds is 4. The lowest BCUT2D eigenvalue weighted by Crippen LogP contribution is -1.97. The van der Waals surface area contributed by atoms with Crippen molar-refractivity contribution in [1.82, 2.24) is 0 Å². The summed E-state index contributed by atoms with van der Waals surface area (Å²) in [7, 11) is -4.22. The molecular formula is C15H12O5S. The SMILES string of the molecule is O=C(/C=C/c1ccc(S(=O)(=O)O)cc1)c1ccccc1O. The zero-order valence-electron chi connectivity index (χ0n) is 10.8. The molecule has 2 aromatic carbocycles. The van der Waals surface area contributed by atoms with Crippen molar-refractivity contribution in [2.45, 2.75) is 4.90 Å². The van der Waals surface area contributed by atoms with Crippen LogP contribution in [0, 0.1) is 0 Å². The van der Waals surface area contributed by atoms with E-state index in [0.29, 0.717) is 5.56 Å². The van der Waals surface area contributed by atoms with Crippen molar-refractivity contribution >= 4 is 22.0 Å². The average molecular weight is 304 g/mol. The first-order valence-electron chi connectivity index (χ1n) is 5.96. The lowest BCUT2D eigenvalue weighted by atomic mass is 10.1. The van der Waals surface area contributed by atoms with Crippen LogP contribution in [0.3, 0.4) is 0 Å². The third-order valence-electron chi connectivity index (χ3n) is 2.77. The summed E-state index contributed by atoms with van der Waals surface area (Å²) in [5.74, 6) is -0.471. The average Bonchev–Trinajstić information content (AvgIpc) is 2.45. The Labute approximate surface area is 121 Å². The Balaban J connectivity index is 2.18. The van der Waals surface area contributed by atoms with Crippen LogP contribution in [-0.2, 0) is 10.1 Å². The molecule has 0 radical (unpaired) electrons. The standard InChI is InChI=1S/C15H12O5S/c16-14-4-2-1-3-13(14)15(17)10-7-11-5-8-12(9-6-11)21(18,19)20/h1-10,16H,(H,18,19,20)/b10-7+. The molecule has 2 rings (SSSR count). The number of phenolic OH excluding ortho intramolecular Hbond substituents is 1. The normalized spacial score (nSPS) is 11.7. The van der Waals surface area contributed by atoms with Crippen LogP contribution < -0.4 is 0 Å². The summed E-state index contributed by atoms with van der Waals surface area (Å²) in [6, 6.07) is 11.6. The third kappa shape index (κ3) is 3.77. The van der Waals surface area contributed by atoms with Crippen LogP contribution in [-0.4, -0.2) is 23.9 Å². The lowest BCUT2D eigenvalue weighted by Gasteiger charge is -2.00. The fraction of sp³-hybridized carbons (Fsp3) is 0. The fourth-order valence-corrected chi connectivity index (χ4v) is 2.17. The Morgan fingerprint density at radius 1 is 1.00 bits per heavy atom. The Kier molecular flexibility index (Phi) is 4.21. The number of hydrogen-bond donors (Lipinski definition) is 2. The summed E-state index contributed by atoms with van der Waals surface area (Å²) in [5, 5.41) is 9.55. The highest BCUT2D eigenvalue weighted by atomic mass is 32.2. The van der Waals surface area contributed by atoms with Gasteiger partial charge in [0, 0.05) is 0 Å². The highest BCUT2D eigenvalue weighted by molar-refractivity contribution is 7.85. The monoisotopic (exact) mass is 304 g/mol. The summed E-state index contributed by atoms with van der Waals surface area (Å²) in [4.78, 5) is 11.7. The second-order valence-corrected chi connectivity index (χ2v) is 5.68. The van der Waals surface area contributed by atoms with E-state index in [1.807, 2.05) is 0 Å². The van der Waals surface area contributed by atoms with Gasteiger partial charge >= 0.3 is 0 Å². The molecule has 0 atom stereocenters. The van der Waals surface area contributed by atoms with E-state index in [1.54, 1.807) is 12.1 Å². The van der Waals surface area contributed by atoms with Crippen LogP contribution in [0.4, 0.5) is 0 Å². The molecule has 5 nitrogen and oxygen atoms in total. The minimum atomic E-state index is -4.22. The minimum Gasteiger partial charge on any atom is -0.507 e. The molecule has 0 saturated carbocycles. The molecule has 0 saturated heterocycles. The van der Waals surface area contributed by atoms with E-state index in [0.717, 1.165) is 0 Å². The first-order chi connectivity index (χ1) is 9.88. The van der Waals surface area contributed by atoms with Gasteiger partial charge in [-0.1, -0.05) is 30.3 Å². The van der Waals surface area contributed by atoms with Crippen molar-refractivity contribution in [3.05, 3.63) is 65.7 Å². The Morgan fingerprint density at radius 3 is 2.19 bits per heavy atom. The van der Waals surface area contributed by atoms with Crippen molar-refractivity contribution in [1.29, 1.82) is 0 Å². The fourth-order valence-electron chi connectivity index (χ4n) is 1.69. The second-order valence-electron chi connectivity index (χ2n) is 4.26. The quantitative estimate of drug-likeness (QED) is 0.514. The van der Waals surface area contributed by atoms with Crippen LogP contribution in [0.2, 0.25) is 0 Å². The van der Waals surface area contributed by atoms with Gasteiger partial charge in [0.2, 0.25) is 0 Å². The zero-order chi connectivity index (χ0) is 15.5.